The third-order valence-corrected chi connectivity index (χ3v) is 4.21. The summed E-state index contributed by atoms with van der Waals surface area (Å²) in [6.07, 6.45) is 10.2. The van der Waals surface area contributed by atoms with Crippen molar-refractivity contribution in [3.05, 3.63) is 54.1 Å². The highest BCUT2D eigenvalue weighted by atomic mass is 16.3. The van der Waals surface area contributed by atoms with Gasteiger partial charge in [0.15, 0.2) is 0 Å². The molecule has 1 saturated carbocycles. The first-order valence-electron chi connectivity index (χ1n) is 7.57. The Balaban J connectivity index is 1.72. The number of rotatable bonds is 3. The zero-order valence-corrected chi connectivity index (χ0v) is 11.8. The zero-order chi connectivity index (χ0) is 13.8. The molecule has 20 heavy (non-hydrogen) atoms. The largest absolute Gasteiger partial charge is 0.391 e. The Hall–Kier alpha value is -1.61. The lowest BCUT2D eigenvalue weighted by Gasteiger charge is -2.21. The molecule has 0 aliphatic heterocycles. The van der Waals surface area contributed by atoms with Crippen LogP contribution in [0.15, 0.2) is 42.9 Å². The molecule has 0 unspecified atom stereocenters. The van der Waals surface area contributed by atoms with Crippen molar-refractivity contribution in [1.82, 2.24) is 9.55 Å². The van der Waals surface area contributed by atoms with E-state index in [4.69, 9.17) is 0 Å². The summed E-state index contributed by atoms with van der Waals surface area (Å²) in [5.41, 5.74) is 2.35. The Labute approximate surface area is 120 Å². The molecule has 0 bridgehead atoms. The average molecular weight is 270 g/mol. The molecule has 3 nitrogen and oxygen atoms in total. The van der Waals surface area contributed by atoms with Crippen LogP contribution >= 0.6 is 0 Å². The highest BCUT2D eigenvalue weighted by molar-refractivity contribution is 5.20. The molecule has 1 fully saturated rings. The number of aliphatic hydroxyl groups is 1. The van der Waals surface area contributed by atoms with Gasteiger partial charge in [-0.25, -0.2) is 4.98 Å². The summed E-state index contributed by atoms with van der Waals surface area (Å²) < 4.78 is 2.12. The van der Waals surface area contributed by atoms with Crippen molar-refractivity contribution in [3.8, 4) is 0 Å². The minimum absolute atomic E-state index is 0.203. The summed E-state index contributed by atoms with van der Waals surface area (Å²) in [7, 11) is 0. The van der Waals surface area contributed by atoms with E-state index in [0.29, 0.717) is 0 Å². The van der Waals surface area contributed by atoms with Crippen LogP contribution in [-0.2, 0) is 6.42 Å². The Bertz CT molecular complexity index is 535. The maximum Gasteiger partial charge on any atom is 0.0953 e. The summed E-state index contributed by atoms with van der Waals surface area (Å²) in [5.74, 6) is 0. The third kappa shape index (κ3) is 3.10. The monoisotopic (exact) mass is 270 g/mol. The van der Waals surface area contributed by atoms with Gasteiger partial charge in [-0.15, -0.1) is 0 Å². The van der Waals surface area contributed by atoms with Crippen LogP contribution in [-0.4, -0.2) is 20.8 Å². The lowest BCUT2D eigenvalue weighted by atomic mass is 10.1. The van der Waals surface area contributed by atoms with Crippen molar-refractivity contribution in [2.45, 2.75) is 50.7 Å². The molecule has 0 spiro atoms. The van der Waals surface area contributed by atoms with E-state index < -0.39 is 0 Å². The Morgan fingerprint density at radius 1 is 1.10 bits per heavy atom. The topological polar surface area (TPSA) is 38.0 Å². The number of benzene rings is 1. The lowest BCUT2D eigenvalue weighted by molar-refractivity contribution is 0.105. The summed E-state index contributed by atoms with van der Waals surface area (Å²) in [4.78, 5) is 4.50. The molecule has 2 aromatic rings. The molecular weight excluding hydrogens is 248 g/mol. The molecular formula is C17H22N2O. The minimum Gasteiger partial charge on any atom is -0.391 e. The number of hydrogen-bond donors (Lipinski definition) is 1. The number of hydrogen-bond acceptors (Lipinski definition) is 2. The molecule has 1 aromatic heterocycles. The normalized spacial score (nSPS) is 23.4. The molecule has 1 heterocycles. The first-order valence-corrected chi connectivity index (χ1v) is 7.57. The molecule has 0 radical (unpaired) electrons. The van der Waals surface area contributed by atoms with Gasteiger partial charge in [-0.2, -0.15) is 0 Å². The van der Waals surface area contributed by atoms with E-state index in [0.717, 1.165) is 31.4 Å². The van der Waals surface area contributed by atoms with Gasteiger partial charge in [0, 0.05) is 12.6 Å². The van der Waals surface area contributed by atoms with Gasteiger partial charge in [0.05, 0.1) is 24.2 Å². The second-order valence-corrected chi connectivity index (χ2v) is 5.75. The summed E-state index contributed by atoms with van der Waals surface area (Å²) in [6, 6.07) is 10.6. The van der Waals surface area contributed by atoms with E-state index in [1.807, 2.05) is 12.4 Å². The van der Waals surface area contributed by atoms with Crippen molar-refractivity contribution in [3.63, 3.8) is 0 Å². The van der Waals surface area contributed by atoms with E-state index in [-0.39, 0.29) is 12.1 Å². The van der Waals surface area contributed by atoms with Crippen LogP contribution in [0.4, 0.5) is 0 Å². The van der Waals surface area contributed by atoms with Crippen molar-refractivity contribution >= 4 is 0 Å². The van der Waals surface area contributed by atoms with Crippen LogP contribution in [0.2, 0.25) is 0 Å². The fourth-order valence-electron chi connectivity index (χ4n) is 3.07. The highest BCUT2D eigenvalue weighted by Gasteiger charge is 2.23. The van der Waals surface area contributed by atoms with Crippen LogP contribution in [0.3, 0.4) is 0 Å². The Morgan fingerprint density at radius 3 is 2.75 bits per heavy atom. The Kier molecular flexibility index (Phi) is 4.16. The number of imidazole rings is 1. The lowest BCUT2D eigenvalue weighted by Crippen LogP contribution is -2.21. The van der Waals surface area contributed by atoms with Gasteiger partial charge in [0.1, 0.15) is 0 Å². The smallest absolute Gasteiger partial charge is 0.0953 e. The maximum atomic E-state index is 10.3. The third-order valence-electron chi connectivity index (χ3n) is 4.21. The fourth-order valence-corrected chi connectivity index (χ4v) is 3.07. The van der Waals surface area contributed by atoms with Gasteiger partial charge in [0.25, 0.3) is 0 Å². The van der Waals surface area contributed by atoms with Crippen molar-refractivity contribution in [2.24, 2.45) is 0 Å². The van der Waals surface area contributed by atoms with Crippen molar-refractivity contribution < 1.29 is 5.11 Å². The van der Waals surface area contributed by atoms with Gasteiger partial charge < -0.3 is 9.67 Å². The van der Waals surface area contributed by atoms with Crippen LogP contribution in [0.1, 0.15) is 49.4 Å². The van der Waals surface area contributed by atoms with Crippen LogP contribution < -0.4 is 0 Å². The van der Waals surface area contributed by atoms with Crippen LogP contribution in [0.25, 0.3) is 0 Å². The fraction of sp³-hybridized carbons (Fsp3) is 0.471. The molecule has 2 atom stereocenters. The molecule has 1 aliphatic rings. The van der Waals surface area contributed by atoms with Gasteiger partial charge in [-0.3, -0.25) is 0 Å². The van der Waals surface area contributed by atoms with Gasteiger partial charge in [-0.05, 0) is 18.4 Å². The standard InChI is InChI=1S/C17H22N2O/c20-17-10-6-2-5-9-16(17)19-12-15(18-13-19)11-14-7-3-1-4-8-14/h1,3-4,7-8,12-13,16-17,20H,2,5-6,9-11H2/t16-,17+/m1/s1. The molecule has 0 amide bonds. The quantitative estimate of drug-likeness (QED) is 0.869. The first kappa shape index (κ1) is 13.4. The van der Waals surface area contributed by atoms with E-state index in [1.165, 1.54) is 18.4 Å². The maximum absolute atomic E-state index is 10.3. The van der Waals surface area contributed by atoms with Gasteiger partial charge >= 0.3 is 0 Å². The number of aliphatic hydroxyl groups excluding tert-OH is 1. The Morgan fingerprint density at radius 2 is 1.90 bits per heavy atom. The predicted molar refractivity (Wildman–Crippen MR) is 79.6 cm³/mol. The minimum atomic E-state index is -0.226. The summed E-state index contributed by atoms with van der Waals surface area (Å²) in [5, 5.41) is 10.3. The molecule has 0 saturated heterocycles. The SMILES string of the molecule is O[C@H]1CCCCC[C@H]1n1cnc(Cc2ccccc2)c1. The average Bonchev–Trinajstić information content (AvgIpc) is 2.81. The van der Waals surface area contributed by atoms with E-state index in [9.17, 15) is 5.11 Å². The predicted octanol–water partition coefficient (Wildman–Crippen LogP) is 3.34. The van der Waals surface area contributed by atoms with Crippen LogP contribution in [0.5, 0.6) is 0 Å². The highest BCUT2D eigenvalue weighted by Crippen LogP contribution is 2.27. The summed E-state index contributed by atoms with van der Waals surface area (Å²) >= 11 is 0. The molecule has 1 N–H and O–H groups in total. The van der Waals surface area contributed by atoms with Crippen molar-refractivity contribution in [2.75, 3.05) is 0 Å². The molecule has 3 rings (SSSR count). The molecule has 3 heteroatoms. The second kappa shape index (κ2) is 6.23. The number of nitrogens with zero attached hydrogens (tertiary/aromatic N) is 2. The van der Waals surface area contributed by atoms with Gasteiger partial charge in [0.2, 0.25) is 0 Å². The second-order valence-electron chi connectivity index (χ2n) is 5.75. The van der Waals surface area contributed by atoms with Crippen molar-refractivity contribution in [1.29, 1.82) is 0 Å². The van der Waals surface area contributed by atoms with Gasteiger partial charge in [-0.1, -0.05) is 49.6 Å². The number of aromatic nitrogens is 2. The van der Waals surface area contributed by atoms with E-state index >= 15 is 0 Å². The zero-order valence-electron chi connectivity index (χ0n) is 11.8. The van der Waals surface area contributed by atoms with E-state index in [2.05, 4.69) is 40.0 Å². The summed E-state index contributed by atoms with van der Waals surface area (Å²) in [6.45, 7) is 0. The first-order chi connectivity index (χ1) is 9.83. The van der Waals surface area contributed by atoms with E-state index in [1.54, 1.807) is 0 Å². The van der Waals surface area contributed by atoms with Crippen LogP contribution in [0, 0.1) is 0 Å². The molecule has 106 valence electrons. The molecule has 1 aliphatic carbocycles. The molecule has 1 aromatic carbocycles.